The number of hydrogen-bond donors (Lipinski definition) is 1. The van der Waals surface area contributed by atoms with Crippen molar-refractivity contribution in [1.29, 1.82) is 0 Å². The summed E-state index contributed by atoms with van der Waals surface area (Å²) in [6.07, 6.45) is 3.27. The van der Waals surface area contributed by atoms with Gasteiger partial charge in [0.05, 0.1) is 18.3 Å². The Morgan fingerprint density at radius 1 is 1.41 bits per heavy atom. The third kappa shape index (κ3) is 3.68. The van der Waals surface area contributed by atoms with E-state index in [9.17, 15) is 4.79 Å². The van der Waals surface area contributed by atoms with Gasteiger partial charge in [0.1, 0.15) is 0 Å². The lowest BCUT2D eigenvalue weighted by Crippen LogP contribution is -2.41. The number of carbonyl (C=O) groups excluding carboxylic acids is 1. The first-order valence-electron chi connectivity index (χ1n) is 6.82. The standard InChI is InChI=1S/C13H26N2O2/c1-5-8-12-14-11(6-2)13(16)15(12)9-10(4)17-7-3/h10-12,14H,5-9H2,1-4H3. The van der Waals surface area contributed by atoms with Crippen LogP contribution in [0.25, 0.3) is 0 Å². The van der Waals surface area contributed by atoms with Gasteiger partial charge < -0.3 is 9.64 Å². The summed E-state index contributed by atoms with van der Waals surface area (Å²) in [5.41, 5.74) is 0. The van der Waals surface area contributed by atoms with E-state index < -0.39 is 0 Å². The molecule has 1 amide bonds. The molecular formula is C13H26N2O2. The normalized spacial score (nSPS) is 26.6. The van der Waals surface area contributed by atoms with Crippen LogP contribution >= 0.6 is 0 Å². The molecule has 0 aromatic rings. The highest BCUT2D eigenvalue weighted by atomic mass is 16.5. The minimum atomic E-state index is 0.000349. The lowest BCUT2D eigenvalue weighted by Gasteiger charge is -2.26. The zero-order chi connectivity index (χ0) is 12.8. The van der Waals surface area contributed by atoms with E-state index in [1.807, 2.05) is 25.7 Å². The lowest BCUT2D eigenvalue weighted by atomic mass is 10.2. The van der Waals surface area contributed by atoms with Crippen molar-refractivity contribution in [3.8, 4) is 0 Å². The quantitative estimate of drug-likeness (QED) is 0.739. The summed E-state index contributed by atoms with van der Waals surface area (Å²) >= 11 is 0. The van der Waals surface area contributed by atoms with E-state index in [2.05, 4.69) is 12.2 Å². The molecule has 1 saturated heterocycles. The molecule has 0 spiro atoms. The second kappa shape index (κ2) is 6.97. The third-order valence-electron chi connectivity index (χ3n) is 3.23. The first-order valence-corrected chi connectivity index (χ1v) is 6.82. The Hall–Kier alpha value is -0.610. The van der Waals surface area contributed by atoms with Crippen molar-refractivity contribution in [3.05, 3.63) is 0 Å². The maximum Gasteiger partial charge on any atom is 0.241 e. The van der Waals surface area contributed by atoms with Crippen LogP contribution < -0.4 is 5.32 Å². The zero-order valence-electron chi connectivity index (χ0n) is 11.5. The van der Waals surface area contributed by atoms with Gasteiger partial charge in [0.15, 0.2) is 0 Å². The average molecular weight is 242 g/mol. The number of nitrogens with zero attached hydrogens (tertiary/aromatic N) is 1. The predicted octanol–water partition coefficient (Wildman–Crippen LogP) is 1.75. The van der Waals surface area contributed by atoms with Gasteiger partial charge in [-0.25, -0.2) is 0 Å². The van der Waals surface area contributed by atoms with Crippen LogP contribution in [0.5, 0.6) is 0 Å². The molecule has 1 aliphatic rings. The number of carbonyl (C=O) groups is 1. The third-order valence-corrected chi connectivity index (χ3v) is 3.23. The molecular weight excluding hydrogens is 216 g/mol. The highest BCUT2D eigenvalue weighted by Gasteiger charge is 2.37. The topological polar surface area (TPSA) is 41.6 Å². The van der Waals surface area contributed by atoms with Crippen LogP contribution in [0.4, 0.5) is 0 Å². The van der Waals surface area contributed by atoms with Gasteiger partial charge in [-0.3, -0.25) is 10.1 Å². The van der Waals surface area contributed by atoms with Crippen LogP contribution in [0.2, 0.25) is 0 Å². The second-order valence-corrected chi connectivity index (χ2v) is 4.69. The summed E-state index contributed by atoms with van der Waals surface area (Å²) in [7, 11) is 0. The van der Waals surface area contributed by atoms with Gasteiger partial charge in [-0.05, 0) is 26.7 Å². The molecule has 1 aliphatic heterocycles. The van der Waals surface area contributed by atoms with Crippen LogP contribution in [-0.2, 0) is 9.53 Å². The van der Waals surface area contributed by atoms with Crippen molar-refractivity contribution >= 4 is 5.91 Å². The van der Waals surface area contributed by atoms with Gasteiger partial charge >= 0.3 is 0 Å². The number of rotatable bonds is 7. The fourth-order valence-electron chi connectivity index (χ4n) is 2.38. The Labute approximate surface area is 105 Å². The van der Waals surface area contributed by atoms with E-state index in [-0.39, 0.29) is 24.2 Å². The summed E-state index contributed by atoms with van der Waals surface area (Å²) < 4.78 is 5.53. The summed E-state index contributed by atoms with van der Waals surface area (Å²) in [5, 5.41) is 3.41. The summed E-state index contributed by atoms with van der Waals surface area (Å²) in [5.74, 6) is 0.234. The summed E-state index contributed by atoms with van der Waals surface area (Å²) in [4.78, 5) is 14.1. The minimum Gasteiger partial charge on any atom is -0.377 e. The smallest absolute Gasteiger partial charge is 0.241 e. The van der Waals surface area contributed by atoms with Crippen LogP contribution in [0.1, 0.15) is 47.0 Å². The molecule has 1 fully saturated rings. The molecule has 4 nitrogen and oxygen atoms in total. The number of amides is 1. The molecule has 0 saturated carbocycles. The monoisotopic (exact) mass is 242 g/mol. The fraction of sp³-hybridized carbons (Fsp3) is 0.923. The summed E-state index contributed by atoms with van der Waals surface area (Å²) in [6.45, 7) is 9.61. The highest BCUT2D eigenvalue weighted by molar-refractivity contribution is 5.84. The van der Waals surface area contributed by atoms with Crippen LogP contribution in [0, 0.1) is 0 Å². The van der Waals surface area contributed by atoms with Gasteiger partial charge in [0.25, 0.3) is 0 Å². The van der Waals surface area contributed by atoms with Crippen molar-refractivity contribution in [2.75, 3.05) is 13.2 Å². The molecule has 3 unspecified atom stereocenters. The second-order valence-electron chi connectivity index (χ2n) is 4.69. The van der Waals surface area contributed by atoms with E-state index in [4.69, 9.17) is 4.74 Å². The molecule has 0 aliphatic carbocycles. The Morgan fingerprint density at radius 3 is 2.65 bits per heavy atom. The molecule has 4 heteroatoms. The van der Waals surface area contributed by atoms with Crippen molar-refractivity contribution in [2.45, 2.75) is 65.3 Å². The van der Waals surface area contributed by atoms with E-state index in [1.54, 1.807) is 0 Å². The Morgan fingerprint density at radius 2 is 2.12 bits per heavy atom. The van der Waals surface area contributed by atoms with Crippen molar-refractivity contribution in [2.24, 2.45) is 0 Å². The van der Waals surface area contributed by atoms with E-state index in [0.29, 0.717) is 13.2 Å². The fourth-order valence-corrected chi connectivity index (χ4v) is 2.38. The van der Waals surface area contributed by atoms with Gasteiger partial charge in [-0.2, -0.15) is 0 Å². The molecule has 0 aromatic carbocycles. The van der Waals surface area contributed by atoms with Crippen LogP contribution in [0.15, 0.2) is 0 Å². The molecule has 1 rings (SSSR count). The summed E-state index contributed by atoms with van der Waals surface area (Å²) in [6, 6.07) is 0.000349. The first-order chi connectivity index (χ1) is 8.13. The van der Waals surface area contributed by atoms with E-state index in [0.717, 1.165) is 19.3 Å². The molecule has 100 valence electrons. The van der Waals surface area contributed by atoms with Crippen molar-refractivity contribution < 1.29 is 9.53 Å². The predicted molar refractivity (Wildman–Crippen MR) is 68.7 cm³/mol. The molecule has 0 bridgehead atoms. The zero-order valence-corrected chi connectivity index (χ0v) is 11.5. The largest absolute Gasteiger partial charge is 0.377 e. The van der Waals surface area contributed by atoms with Gasteiger partial charge in [-0.1, -0.05) is 20.3 Å². The van der Waals surface area contributed by atoms with Crippen molar-refractivity contribution in [1.82, 2.24) is 10.2 Å². The van der Waals surface area contributed by atoms with Crippen molar-refractivity contribution in [3.63, 3.8) is 0 Å². The Balaban J connectivity index is 2.61. The molecule has 1 N–H and O–H groups in total. The Bertz CT molecular complexity index is 246. The Kier molecular flexibility index (Phi) is 5.92. The molecule has 0 radical (unpaired) electrons. The molecule has 17 heavy (non-hydrogen) atoms. The SMILES string of the molecule is CCCC1NC(CC)C(=O)N1CC(C)OCC. The maximum atomic E-state index is 12.2. The lowest BCUT2D eigenvalue weighted by molar-refractivity contribution is -0.131. The minimum absolute atomic E-state index is 0.000349. The first kappa shape index (κ1) is 14.5. The number of hydrogen-bond acceptors (Lipinski definition) is 3. The molecule has 0 aromatic heterocycles. The van der Waals surface area contributed by atoms with E-state index in [1.165, 1.54) is 0 Å². The average Bonchev–Trinajstić information content (AvgIpc) is 2.58. The van der Waals surface area contributed by atoms with Crippen LogP contribution in [0.3, 0.4) is 0 Å². The molecule has 3 atom stereocenters. The van der Waals surface area contributed by atoms with Gasteiger partial charge in [0.2, 0.25) is 5.91 Å². The maximum absolute atomic E-state index is 12.2. The molecule has 1 heterocycles. The van der Waals surface area contributed by atoms with E-state index >= 15 is 0 Å². The van der Waals surface area contributed by atoms with Gasteiger partial charge in [0, 0.05) is 13.2 Å². The van der Waals surface area contributed by atoms with Crippen LogP contribution in [-0.4, -0.2) is 42.3 Å². The number of nitrogens with one attached hydrogen (secondary N) is 1. The van der Waals surface area contributed by atoms with Gasteiger partial charge in [-0.15, -0.1) is 0 Å². The number of ether oxygens (including phenoxy) is 1. The highest BCUT2D eigenvalue weighted by Crippen LogP contribution is 2.17.